The van der Waals surface area contributed by atoms with E-state index in [9.17, 15) is 19.5 Å². The van der Waals surface area contributed by atoms with Crippen LogP contribution in [0.25, 0.3) is 11.8 Å². The van der Waals surface area contributed by atoms with Crippen LogP contribution in [-0.4, -0.2) is 39.9 Å². The number of rotatable bonds is 9. The number of methoxy groups -OCH3 is 1. The van der Waals surface area contributed by atoms with Crippen LogP contribution in [0.5, 0.6) is 5.75 Å². The average molecular weight is 679 g/mol. The van der Waals surface area contributed by atoms with E-state index in [-0.39, 0.29) is 17.7 Å². The van der Waals surface area contributed by atoms with Crippen LogP contribution in [0, 0.1) is 13.8 Å². The summed E-state index contributed by atoms with van der Waals surface area (Å²) >= 11 is 4.82. The smallest absolute Gasteiger partial charge is 0.338 e. The summed E-state index contributed by atoms with van der Waals surface area (Å²) in [4.78, 5) is 44.4. The van der Waals surface area contributed by atoms with E-state index < -0.39 is 18.0 Å². The number of esters is 1. The second kappa shape index (κ2) is 12.8. The molecule has 44 heavy (non-hydrogen) atoms. The minimum Gasteiger partial charge on any atom is -0.496 e. The molecule has 1 aliphatic rings. The summed E-state index contributed by atoms with van der Waals surface area (Å²) in [5.41, 5.74) is 4.95. The Morgan fingerprint density at radius 2 is 1.84 bits per heavy atom. The Kier molecular flexibility index (Phi) is 9.07. The largest absolute Gasteiger partial charge is 0.496 e. The van der Waals surface area contributed by atoms with E-state index in [4.69, 9.17) is 14.5 Å². The monoisotopic (exact) mass is 677 g/mol. The molecule has 1 aliphatic heterocycles. The van der Waals surface area contributed by atoms with Gasteiger partial charge in [0.25, 0.3) is 5.56 Å². The lowest BCUT2D eigenvalue weighted by atomic mass is 9.93. The van der Waals surface area contributed by atoms with Gasteiger partial charge in [0, 0.05) is 27.1 Å². The molecule has 0 amide bonds. The zero-order valence-corrected chi connectivity index (χ0v) is 27.4. The molecule has 2 aromatic carbocycles. The maximum Gasteiger partial charge on any atom is 0.338 e. The van der Waals surface area contributed by atoms with Gasteiger partial charge in [0.05, 0.1) is 35.1 Å². The standard InChI is InChI=1S/C33H32BrN3O6S/c1-6-8-25-28(32(41)43-7-2)29(24-17-22(34)11-14-26(24)42-5)37-30(38)27(44-33(37)35-25)16-21-15-18(3)36(19(21)4)23-12-9-20(10-13-23)31(39)40/h9-17,29H,6-8H2,1-5H3,(H,39,40)/b27-16+/t29-/m1/s1. The molecular weight excluding hydrogens is 646 g/mol. The van der Waals surface area contributed by atoms with E-state index in [1.165, 1.54) is 11.3 Å². The molecule has 9 nitrogen and oxygen atoms in total. The lowest BCUT2D eigenvalue weighted by Crippen LogP contribution is -2.40. The number of carboxylic acid groups (broad SMARTS) is 1. The number of nitrogens with zero attached hydrogens (tertiary/aromatic N) is 3. The molecule has 11 heteroatoms. The van der Waals surface area contributed by atoms with Gasteiger partial charge in [-0.25, -0.2) is 14.6 Å². The first-order valence-electron chi connectivity index (χ1n) is 14.2. The number of aromatic nitrogens is 2. The summed E-state index contributed by atoms with van der Waals surface area (Å²) in [5.74, 6) is -0.969. The van der Waals surface area contributed by atoms with Gasteiger partial charge in [0.15, 0.2) is 4.80 Å². The molecule has 0 unspecified atom stereocenters. The highest BCUT2D eigenvalue weighted by Gasteiger charge is 2.36. The molecule has 5 rings (SSSR count). The zero-order valence-electron chi connectivity index (χ0n) is 25.0. The first-order valence-corrected chi connectivity index (χ1v) is 15.8. The number of allylic oxidation sites excluding steroid dienone is 1. The maximum atomic E-state index is 14.2. The summed E-state index contributed by atoms with van der Waals surface area (Å²) < 4.78 is 16.0. The first kappa shape index (κ1) is 31.2. The first-order chi connectivity index (χ1) is 21.1. The number of benzene rings is 2. The van der Waals surface area contributed by atoms with Crippen molar-refractivity contribution < 1.29 is 24.2 Å². The SMILES string of the molecule is CCCC1=C(C(=O)OCC)[C@@H](c2cc(Br)ccc2OC)n2c(s/c(=C/c3cc(C)n(-c4ccc(C(=O)O)cc4)c3C)c2=O)=N1. The number of hydrogen-bond acceptors (Lipinski definition) is 7. The molecule has 0 radical (unpaired) electrons. The molecule has 4 aromatic rings. The van der Waals surface area contributed by atoms with Crippen molar-refractivity contribution in [2.45, 2.75) is 46.6 Å². The van der Waals surface area contributed by atoms with E-state index >= 15 is 0 Å². The van der Waals surface area contributed by atoms with Crippen LogP contribution in [0.3, 0.4) is 0 Å². The normalized spacial score (nSPS) is 14.8. The molecule has 0 saturated heterocycles. The average Bonchev–Trinajstić information content (AvgIpc) is 3.46. The summed E-state index contributed by atoms with van der Waals surface area (Å²) in [6.07, 6.45) is 3.13. The fourth-order valence-electron chi connectivity index (χ4n) is 5.56. The van der Waals surface area contributed by atoms with Gasteiger partial charge in [-0.1, -0.05) is 40.6 Å². The number of ether oxygens (including phenoxy) is 2. The molecular formula is C33H32BrN3O6S. The Bertz CT molecular complexity index is 1980. The molecule has 1 N–H and O–H groups in total. The van der Waals surface area contributed by atoms with Crippen LogP contribution in [0.1, 0.15) is 65.6 Å². The molecule has 0 spiro atoms. The number of halogens is 1. The highest BCUT2D eigenvalue weighted by molar-refractivity contribution is 9.10. The Morgan fingerprint density at radius 3 is 2.48 bits per heavy atom. The maximum absolute atomic E-state index is 14.2. The van der Waals surface area contributed by atoms with Gasteiger partial charge >= 0.3 is 11.9 Å². The summed E-state index contributed by atoms with van der Waals surface area (Å²) in [5, 5.41) is 9.29. The van der Waals surface area contributed by atoms with Gasteiger partial charge in [-0.05, 0) is 87.4 Å². The second-order valence-electron chi connectivity index (χ2n) is 10.3. The van der Waals surface area contributed by atoms with E-state index in [0.717, 1.165) is 33.5 Å². The third kappa shape index (κ3) is 5.69. The number of aromatic carboxylic acids is 1. The van der Waals surface area contributed by atoms with Gasteiger partial charge in [-0.3, -0.25) is 9.36 Å². The second-order valence-corrected chi connectivity index (χ2v) is 12.2. The van der Waals surface area contributed by atoms with Crippen molar-refractivity contribution in [3.63, 3.8) is 0 Å². The van der Waals surface area contributed by atoms with Crippen molar-refractivity contribution in [2.75, 3.05) is 13.7 Å². The third-order valence-corrected chi connectivity index (χ3v) is 8.98. The Hall–Kier alpha value is -4.22. The van der Waals surface area contributed by atoms with Crippen LogP contribution in [0.15, 0.2) is 74.1 Å². The summed E-state index contributed by atoms with van der Waals surface area (Å²) in [7, 11) is 1.56. The molecule has 1 atom stereocenters. The van der Waals surface area contributed by atoms with Gasteiger partial charge in [0.1, 0.15) is 11.8 Å². The molecule has 228 valence electrons. The summed E-state index contributed by atoms with van der Waals surface area (Å²) in [6.45, 7) is 7.86. The highest BCUT2D eigenvalue weighted by atomic mass is 79.9. The number of thiazole rings is 1. The molecule has 0 saturated carbocycles. The van der Waals surface area contributed by atoms with Crippen molar-refractivity contribution in [3.8, 4) is 11.4 Å². The Morgan fingerprint density at radius 1 is 1.11 bits per heavy atom. The van der Waals surface area contributed by atoms with Crippen molar-refractivity contribution in [2.24, 2.45) is 4.99 Å². The van der Waals surface area contributed by atoms with Crippen molar-refractivity contribution in [1.82, 2.24) is 9.13 Å². The predicted molar refractivity (Wildman–Crippen MR) is 173 cm³/mol. The highest BCUT2D eigenvalue weighted by Crippen LogP contribution is 2.38. The quantitative estimate of drug-likeness (QED) is 0.236. The molecule has 3 heterocycles. The van der Waals surface area contributed by atoms with E-state index in [0.29, 0.717) is 38.3 Å². The van der Waals surface area contributed by atoms with Crippen LogP contribution >= 0.6 is 27.3 Å². The number of hydrogen-bond donors (Lipinski definition) is 1. The fraction of sp³-hybridized carbons (Fsp3) is 0.273. The number of carboxylic acids is 1. The van der Waals surface area contributed by atoms with Crippen molar-refractivity contribution >= 4 is 45.3 Å². The van der Waals surface area contributed by atoms with Gasteiger partial charge in [-0.2, -0.15) is 0 Å². The van der Waals surface area contributed by atoms with Crippen LogP contribution < -0.4 is 19.6 Å². The molecule has 2 aromatic heterocycles. The molecule has 0 fully saturated rings. The van der Waals surface area contributed by atoms with E-state index in [2.05, 4.69) is 15.9 Å². The Balaban J connectivity index is 1.73. The molecule has 0 aliphatic carbocycles. The third-order valence-electron chi connectivity index (χ3n) is 7.51. The topological polar surface area (TPSA) is 112 Å². The lowest BCUT2D eigenvalue weighted by Gasteiger charge is -2.27. The number of aryl methyl sites for hydroxylation is 1. The minimum atomic E-state index is -0.986. The van der Waals surface area contributed by atoms with Crippen LogP contribution in [0.4, 0.5) is 0 Å². The van der Waals surface area contributed by atoms with Gasteiger partial charge < -0.3 is 19.1 Å². The minimum absolute atomic E-state index is 0.184. The molecule has 0 bridgehead atoms. The van der Waals surface area contributed by atoms with Crippen molar-refractivity contribution in [1.29, 1.82) is 0 Å². The number of fused-ring (bicyclic) bond motifs is 1. The van der Waals surface area contributed by atoms with Crippen LogP contribution in [0.2, 0.25) is 0 Å². The van der Waals surface area contributed by atoms with Gasteiger partial charge in [0.2, 0.25) is 0 Å². The number of carbonyl (C=O) groups excluding carboxylic acids is 1. The van der Waals surface area contributed by atoms with Gasteiger partial charge in [-0.15, -0.1) is 0 Å². The fourth-order valence-corrected chi connectivity index (χ4v) is 6.95. The zero-order chi connectivity index (χ0) is 31.7. The van der Waals surface area contributed by atoms with E-state index in [1.54, 1.807) is 48.9 Å². The van der Waals surface area contributed by atoms with Crippen LogP contribution in [-0.2, 0) is 9.53 Å². The lowest BCUT2D eigenvalue weighted by molar-refractivity contribution is -0.139. The number of carbonyl (C=O) groups is 2. The predicted octanol–water partition coefficient (Wildman–Crippen LogP) is 5.46. The van der Waals surface area contributed by atoms with E-state index in [1.807, 2.05) is 49.6 Å². The Labute approximate surface area is 266 Å². The summed E-state index contributed by atoms with van der Waals surface area (Å²) in [6, 6.07) is 13.4. The van der Waals surface area contributed by atoms with Crippen molar-refractivity contribution in [3.05, 3.63) is 112 Å².